The van der Waals surface area contributed by atoms with Crippen molar-refractivity contribution in [2.24, 2.45) is 0 Å². The number of piperidine rings is 1. The Morgan fingerprint density at radius 2 is 1.78 bits per heavy atom. The molecule has 4 rings (SSSR count). The molecule has 0 unspecified atom stereocenters. The third kappa shape index (κ3) is 4.16. The Bertz CT molecular complexity index is 789. The largest absolute Gasteiger partial charge is 0.342 e. The van der Waals surface area contributed by atoms with Crippen molar-refractivity contribution < 1.29 is 9.18 Å². The van der Waals surface area contributed by atoms with Gasteiger partial charge in [0.05, 0.1) is 17.9 Å². The average molecular weight is 368 g/mol. The first kappa shape index (κ1) is 18.0. The van der Waals surface area contributed by atoms with Crippen LogP contribution in [0.25, 0.3) is 11.3 Å². The highest BCUT2D eigenvalue weighted by Crippen LogP contribution is 2.31. The van der Waals surface area contributed by atoms with Crippen molar-refractivity contribution in [2.75, 3.05) is 32.7 Å². The molecular formula is C21H25FN4O. The third-order valence-corrected chi connectivity index (χ3v) is 5.55. The van der Waals surface area contributed by atoms with Gasteiger partial charge in [0, 0.05) is 43.5 Å². The van der Waals surface area contributed by atoms with E-state index in [9.17, 15) is 9.18 Å². The van der Waals surface area contributed by atoms with Crippen molar-refractivity contribution >= 4 is 5.91 Å². The molecule has 0 N–H and O–H groups in total. The van der Waals surface area contributed by atoms with E-state index in [0.29, 0.717) is 6.54 Å². The van der Waals surface area contributed by atoms with Crippen LogP contribution in [0.4, 0.5) is 4.39 Å². The molecule has 0 spiro atoms. The van der Waals surface area contributed by atoms with E-state index in [4.69, 9.17) is 0 Å². The summed E-state index contributed by atoms with van der Waals surface area (Å²) in [5, 5.41) is 0. The number of aromatic nitrogens is 2. The normalized spacial score (nSPS) is 20.8. The van der Waals surface area contributed by atoms with E-state index in [-0.39, 0.29) is 17.6 Å². The van der Waals surface area contributed by atoms with Crippen molar-refractivity contribution in [3.8, 4) is 11.3 Å². The summed E-state index contributed by atoms with van der Waals surface area (Å²) >= 11 is 0. The summed E-state index contributed by atoms with van der Waals surface area (Å²) in [6.45, 7) is 4.04. The predicted molar refractivity (Wildman–Crippen MR) is 102 cm³/mol. The highest BCUT2D eigenvalue weighted by atomic mass is 19.1. The lowest BCUT2D eigenvalue weighted by Crippen LogP contribution is -2.43. The number of halogens is 1. The zero-order valence-electron chi connectivity index (χ0n) is 15.5. The summed E-state index contributed by atoms with van der Waals surface area (Å²) in [4.78, 5) is 25.9. The van der Waals surface area contributed by atoms with Crippen LogP contribution in [0.2, 0.25) is 0 Å². The number of benzene rings is 1. The van der Waals surface area contributed by atoms with Gasteiger partial charge in [-0.3, -0.25) is 19.7 Å². The van der Waals surface area contributed by atoms with E-state index in [1.807, 2.05) is 4.90 Å². The van der Waals surface area contributed by atoms with Gasteiger partial charge in [-0.15, -0.1) is 0 Å². The summed E-state index contributed by atoms with van der Waals surface area (Å²) in [5.74, 6) is 0.221. The number of likely N-dealkylation sites (tertiary alicyclic amines) is 2. The average Bonchev–Trinajstić information content (AvgIpc) is 3.24. The van der Waals surface area contributed by atoms with Crippen LogP contribution in [0.15, 0.2) is 36.7 Å². The van der Waals surface area contributed by atoms with Gasteiger partial charge in [0.2, 0.25) is 5.91 Å². The minimum Gasteiger partial charge on any atom is -0.342 e. The molecule has 1 amide bonds. The molecule has 6 heteroatoms. The van der Waals surface area contributed by atoms with Crippen LogP contribution in [-0.4, -0.2) is 58.4 Å². The van der Waals surface area contributed by atoms with E-state index in [1.54, 1.807) is 24.5 Å². The van der Waals surface area contributed by atoms with Crippen LogP contribution < -0.4 is 0 Å². The lowest BCUT2D eigenvalue weighted by molar-refractivity contribution is -0.131. The van der Waals surface area contributed by atoms with Crippen molar-refractivity contribution in [1.29, 1.82) is 0 Å². The predicted octanol–water partition coefficient (Wildman–Crippen LogP) is 3.08. The molecule has 0 bridgehead atoms. The van der Waals surface area contributed by atoms with Gasteiger partial charge in [-0.1, -0.05) is 0 Å². The maximum atomic E-state index is 13.3. The highest BCUT2D eigenvalue weighted by molar-refractivity contribution is 5.78. The minimum atomic E-state index is -0.256. The lowest BCUT2D eigenvalue weighted by atomic mass is 9.91. The molecule has 2 aliphatic rings. The first-order valence-electron chi connectivity index (χ1n) is 9.77. The molecule has 2 fully saturated rings. The SMILES string of the molecule is O=C(CN1CCC[C@@H](c2nccnc2-c2ccc(F)cc2)C1)N1CCCC1. The van der Waals surface area contributed by atoms with Crippen LogP contribution in [0, 0.1) is 5.82 Å². The van der Waals surface area contributed by atoms with Crippen molar-refractivity contribution in [2.45, 2.75) is 31.6 Å². The molecule has 5 nitrogen and oxygen atoms in total. The number of rotatable bonds is 4. The smallest absolute Gasteiger partial charge is 0.236 e. The van der Waals surface area contributed by atoms with Gasteiger partial charge >= 0.3 is 0 Å². The fourth-order valence-electron chi connectivity index (χ4n) is 4.16. The maximum absolute atomic E-state index is 13.3. The second kappa shape index (κ2) is 8.13. The summed E-state index contributed by atoms with van der Waals surface area (Å²) in [6.07, 6.45) is 7.71. The Morgan fingerprint density at radius 3 is 2.56 bits per heavy atom. The number of hydrogen-bond donors (Lipinski definition) is 0. The molecule has 1 atom stereocenters. The molecule has 27 heavy (non-hydrogen) atoms. The van der Waals surface area contributed by atoms with Crippen LogP contribution in [0.3, 0.4) is 0 Å². The second-order valence-electron chi connectivity index (χ2n) is 7.46. The summed E-state index contributed by atoms with van der Waals surface area (Å²) in [7, 11) is 0. The van der Waals surface area contributed by atoms with Crippen molar-refractivity contribution in [3.05, 3.63) is 48.2 Å². The van der Waals surface area contributed by atoms with Gasteiger partial charge < -0.3 is 4.90 Å². The molecule has 3 heterocycles. The third-order valence-electron chi connectivity index (χ3n) is 5.55. The summed E-state index contributed by atoms with van der Waals surface area (Å²) < 4.78 is 13.3. The van der Waals surface area contributed by atoms with Crippen LogP contribution >= 0.6 is 0 Å². The van der Waals surface area contributed by atoms with Gasteiger partial charge in [-0.25, -0.2) is 4.39 Å². The molecular weight excluding hydrogens is 343 g/mol. The molecule has 0 aliphatic carbocycles. The maximum Gasteiger partial charge on any atom is 0.236 e. The first-order chi connectivity index (χ1) is 13.2. The lowest BCUT2D eigenvalue weighted by Gasteiger charge is -2.33. The van der Waals surface area contributed by atoms with E-state index >= 15 is 0 Å². The molecule has 2 aliphatic heterocycles. The van der Waals surface area contributed by atoms with Crippen LogP contribution in [0.1, 0.15) is 37.3 Å². The Labute approximate surface area is 159 Å². The zero-order valence-corrected chi connectivity index (χ0v) is 15.5. The topological polar surface area (TPSA) is 49.3 Å². The van der Waals surface area contributed by atoms with E-state index in [0.717, 1.165) is 68.8 Å². The summed E-state index contributed by atoms with van der Waals surface area (Å²) in [5.41, 5.74) is 2.64. The molecule has 2 saturated heterocycles. The van der Waals surface area contributed by atoms with Gasteiger partial charge in [-0.2, -0.15) is 0 Å². The molecule has 1 aromatic carbocycles. The van der Waals surface area contributed by atoms with Gasteiger partial charge in [0.15, 0.2) is 0 Å². The Kier molecular flexibility index (Phi) is 5.43. The Hall–Kier alpha value is -2.34. The fraction of sp³-hybridized carbons (Fsp3) is 0.476. The number of carbonyl (C=O) groups excluding carboxylic acids is 1. The van der Waals surface area contributed by atoms with Crippen molar-refractivity contribution in [1.82, 2.24) is 19.8 Å². The van der Waals surface area contributed by atoms with Gasteiger partial charge in [-0.05, 0) is 56.5 Å². The number of amides is 1. The molecule has 2 aromatic rings. The van der Waals surface area contributed by atoms with E-state index in [1.165, 1.54) is 12.1 Å². The number of hydrogen-bond acceptors (Lipinski definition) is 4. The second-order valence-corrected chi connectivity index (χ2v) is 7.46. The standard InChI is InChI=1S/C21H25FN4O/c22-18-7-5-16(6-8-18)20-21(24-10-9-23-20)17-4-3-11-25(14-17)15-19(27)26-12-1-2-13-26/h5-10,17H,1-4,11-15H2/t17-/m1/s1. The zero-order chi connectivity index (χ0) is 18.6. The molecule has 142 valence electrons. The molecule has 0 saturated carbocycles. The minimum absolute atomic E-state index is 0.235. The summed E-state index contributed by atoms with van der Waals surface area (Å²) in [6, 6.07) is 6.41. The fourth-order valence-corrected chi connectivity index (χ4v) is 4.16. The quantitative estimate of drug-likeness (QED) is 0.832. The van der Waals surface area contributed by atoms with Crippen LogP contribution in [-0.2, 0) is 4.79 Å². The monoisotopic (exact) mass is 368 g/mol. The van der Waals surface area contributed by atoms with Gasteiger partial charge in [0.25, 0.3) is 0 Å². The van der Waals surface area contributed by atoms with E-state index in [2.05, 4.69) is 14.9 Å². The van der Waals surface area contributed by atoms with Gasteiger partial charge in [0.1, 0.15) is 5.82 Å². The van der Waals surface area contributed by atoms with E-state index < -0.39 is 0 Å². The van der Waals surface area contributed by atoms with Crippen LogP contribution in [0.5, 0.6) is 0 Å². The Balaban J connectivity index is 1.50. The molecule has 1 aromatic heterocycles. The number of nitrogens with zero attached hydrogens (tertiary/aromatic N) is 4. The van der Waals surface area contributed by atoms with Crippen molar-refractivity contribution in [3.63, 3.8) is 0 Å². The molecule has 0 radical (unpaired) electrons. The number of carbonyl (C=O) groups is 1. The highest BCUT2D eigenvalue weighted by Gasteiger charge is 2.28. The Morgan fingerprint density at radius 1 is 1.04 bits per heavy atom. The first-order valence-corrected chi connectivity index (χ1v) is 9.77.